The lowest BCUT2D eigenvalue weighted by Crippen LogP contribution is -1.95. The average molecular weight is 535 g/mol. The number of fused-ring (bicyclic) bond motifs is 3. The summed E-state index contributed by atoms with van der Waals surface area (Å²) >= 11 is 0. The van der Waals surface area contributed by atoms with Gasteiger partial charge in [0.2, 0.25) is 0 Å². The highest BCUT2D eigenvalue weighted by Crippen LogP contribution is 2.48. The summed E-state index contributed by atoms with van der Waals surface area (Å²) in [6.07, 6.45) is 3.74. The predicted octanol–water partition coefficient (Wildman–Crippen LogP) is 10.6. The summed E-state index contributed by atoms with van der Waals surface area (Å²) in [5.41, 5.74) is 9.00. The van der Waals surface area contributed by atoms with Gasteiger partial charge in [0.1, 0.15) is 0 Å². The van der Waals surface area contributed by atoms with Crippen LogP contribution in [0.4, 0.5) is 0 Å². The van der Waals surface area contributed by atoms with E-state index in [1.165, 1.54) is 54.6 Å². The van der Waals surface area contributed by atoms with Crippen LogP contribution in [-0.4, -0.2) is 9.97 Å². The van der Waals surface area contributed by atoms with Gasteiger partial charge in [-0.25, -0.2) is 0 Å². The first kappa shape index (κ1) is 24.2. The number of pyridine rings is 2. The van der Waals surface area contributed by atoms with E-state index >= 15 is 0 Å². The van der Waals surface area contributed by atoms with Crippen molar-refractivity contribution in [3.63, 3.8) is 0 Å². The number of benzene rings is 6. The van der Waals surface area contributed by atoms with Crippen molar-refractivity contribution in [1.29, 1.82) is 0 Å². The van der Waals surface area contributed by atoms with Gasteiger partial charge in [-0.2, -0.15) is 0 Å². The van der Waals surface area contributed by atoms with Crippen LogP contribution in [0.3, 0.4) is 0 Å². The Bertz CT molecular complexity index is 2070. The molecule has 0 fully saturated rings. The highest BCUT2D eigenvalue weighted by Gasteiger charge is 2.21. The van der Waals surface area contributed by atoms with Crippen LogP contribution < -0.4 is 0 Å². The molecule has 8 rings (SSSR count). The number of aromatic nitrogens is 2. The Kier molecular flexibility index (Phi) is 5.82. The fourth-order valence-electron chi connectivity index (χ4n) is 6.34. The first-order valence-corrected chi connectivity index (χ1v) is 14.3. The quantitative estimate of drug-likeness (QED) is 0.210. The topological polar surface area (TPSA) is 25.8 Å². The van der Waals surface area contributed by atoms with E-state index in [0.29, 0.717) is 0 Å². The molecule has 0 unspecified atom stereocenters. The first-order chi connectivity index (χ1) is 20.9. The molecule has 196 valence electrons. The third-order valence-corrected chi connectivity index (χ3v) is 8.16. The Morgan fingerprint density at radius 3 is 1.12 bits per heavy atom. The standard InChI is InChI=1S/C40H26N2/c1-2-14-28-26-36-35(25-27(28)13-1)39(31-17-5-3-15-29(31)37-21-9-11-23-41-37)33-19-7-8-20-34(33)40(36)32-18-6-4-16-30(32)38-22-10-12-24-42-38/h1-26H. The molecule has 0 bridgehead atoms. The van der Waals surface area contributed by atoms with Crippen molar-refractivity contribution in [2.45, 2.75) is 0 Å². The molecule has 2 nitrogen and oxygen atoms in total. The normalized spacial score (nSPS) is 11.3. The Balaban J connectivity index is 1.57. The largest absolute Gasteiger partial charge is 0.256 e. The molecule has 0 N–H and O–H groups in total. The van der Waals surface area contributed by atoms with E-state index in [1.54, 1.807) is 0 Å². The molecular formula is C40H26N2. The molecule has 0 spiro atoms. The zero-order chi connectivity index (χ0) is 27.9. The van der Waals surface area contributed by atoms with Gasteiger partial charge in [0.05, 0.1) is 11.4 Å². The zero-order valence-corrected chi connectivity index (χ0v) is 22.9. The summed E-state index contributed by atoms with van der Waals surface area (Å²) in [6.45, 7) is 0. The maximum atomic E-state index is 4.75. The molecule has 0 aliphatic heterocycles. The highest BCUT2D eigenvalue weighted by atomic mass is 14.7. The van der Waals surface area contributed by atoms with E-state index in [9.17, 15) is 0 Å². The van der Waals surface area contributed by atoms with Gasteiger partial charge in [0.15, 0.2) is 0 Å². The molecule has 0 radical (unpaired) electrons. The number of hydrogen-bond donors (Lipinski definition) is 0. The molecule has 0 aliphatic rings. The maximum absolute atomic E-state index is 4.75. The summed E-state index contributed by atoms with van der Waals surface area (Å²) in [5.74, 6) is 0. The van der Waals surface area contributed by atoms with Crippen LogP contribution >= 0.6 is 0 Å². The van der Waals surface area contributed by atoms with Crippen molar-refractivity contribution in [2.24, 2.45) is 0 Å². The van der Waals surface area contributed by atoms with E-state index in [-0.39, 0.29) is 0 Å². The van der Waals surface area contributed by atoms with Crippen molar-refractivity contribution in [2.75, 3.05) is 0 Å². The zero-order valence-electron chi connectivity index (χ0n) is 22.9. The van der Waals surface area contributed by atoms with Crippen LogP contribution in [0.5, 0.6) is 0 Å². The summed E-state index contributed by atoms with van der Waals surface area (Å²) in [4.78, 5) is 9.50. The minimum atomic E-state index is 0.968. The van der Waals surface area contributed by atoms with Crippen LogP contribution in [0.2, 0.25) is 0 Å². The van der Waals surface area contributed by atoms with Crippen molar-refractivity contribution in [1.82, 2.24) is 9.97 Å². The molecule has 0 atom stereocenters. The highest BCUT2D eigenvalue weighted by molar-refractivity contribution is 6.25. The predicted molar refractivity (Wildman–Crippen MR) is 176 cm³/mol. The summed E-state index contributed by atoms with van der Waals surface area (Å²) in [5, 5.41) is 7.33. The minimum Gasteiger partial charge on any atom is -0.256 e. The number of hydrogen-bond acceptors (Lipinski definition) is 2. The van der Waals surface area contributed by atoms with Crippen LogP contribution in [0.1, 0.15) is 0 Å². The van der Waals surface area contributed by atoms with Crippen LogP contribution in [0.25, 0.3) is 77.1 Å². The van der Waals surface area contributed by atoms with Crippen LogP contribution in [0.15, 0.2) is 158 Å². The second-order valence-corrected chi connectivity index (χ2v) is 10.6. The van der Waals surface area contributed by atoms with Gasteiger partial charge in [0.25, 0.3) is 0 Å². The molecule has 0 saturated carbocycles. The minimum absolute atomic E-state index is 0.968. The molecule has 42 heavy (non-hydrogen) atoms. The van der Waals surface area contributed by atoms with E-state index < -0.39 is 0 Å². The van der Waals surface area contributed by atoms with Gasteiger partial charge >= 0.3 is 0 Å². The van der Waals surface area contributed by atoms with Crippen molar-refractivity contribution >= 4 is 32.3 Å². The van der Waals surface area contributed by atoms with E-state index in [4.69, 9.17) is 9.97 Å². The molecule has 0 amide bonds. The third-order valence-electron chi connectivity index (χ3n) is 8.16. The molecule has 2 heteroatoms. The summed E-state index contributed by atoms with van der Waals surface area (Å²) in [6, 6.07) is 51.8. The number of rotatable bonds is 4. The lowest BCUT2D eigenvalue weighted by molar-refractivity contribution is 1.33. The summed E-state index contributed by atoms with van der Waals surface area (Å²) < 4.78 is 0. The Morgan fingerprint density at radius 1 is 0.310 bits per heavy atom. The second-order valence-electron chi connectivity index (χ2n) is 10.6. The third kappa shape index (κ3) is 3.96. The fourth-order valence-corrected chi connectivity index (χ4v) is 6.34. The SMILES string of the molecule is c1ccc(-c2ccccc2-c2c3ccccc3c(-c3ccccc3-c3ccccn3)c3cc4ccccc4cc23)nc1. The van der Waals surface area contributed by atoms with Crippen molar-refractivity contribution in [3.8, 4) is 44.8 Å². The smallest absolute Gasteiger partial charge is 0.0708 e. The lowest BCUT2D eigenvalue weighted by atomic mass is 9.82. The maximum Gasteiger partial charge on any atom is 0.0708 e. The first-order valence-electron chi connectivity index (χ1n) is 14.3. The van der Waals surface area contributed by atoms with Gasteiger partial charge in [0, 0.05) is 23.5 Å². The Morgan fingerprint density at radius 2 is 0.690 bits per heavy atom. The van der Waals surface area contributed by atoms with E-state index in [1.807, 2.05) is 24.5 Å². The van der Waals surface area contributed by atoms with Gasteiger partial charge in [-0.1, -0.05) is 109 Å². The molecule has 0 saturated heterocycles. The molecule has 2 aromatic heterocycles. The number of nitrogens with zero attached hydrogens (tertiary/aromatic N) is 2. The molecular weight excluding hydrogens is 508 g/mol. The Hall–Kier alpha value is -5.60. The molecule has 8 aromatic rings. The Labute approximate surface area is 244 Å². The fraction of sp³-hybridized carbons (Fsp3) is 0. The average Bonchev–Trinajstić information content (AvgIpc) is 3.07. The van der Waals surface area contributed by atoms with Gasteiger partial charge in [-0.3, -0.25) is 9.97 Å². The molecule has 2 heterocycles. The second kappa shape index (κ2) is 10.1. The molecule has 6 aromatic carbocycles. The molecule has 0 aliphatic carbocycles. The lowest BCUT2D eigenvalue weighted by Gasteiger charge is -2.21. The van der Waals surface area contributed by atoms with Gasteiger partial charge in [-0.15, -0.1) is 0 Å². The van der Waals surface area contributed by atoms with Crippen molar-refractivity contribution in [3.05, 3.63) is 158 Å². The summed E-state index contributed by atoms with van der Waals surface area (Å²) in [7, 11) is 0. The van der Waals surface area contributed by atoms with Gasteiger partial charge < -0.3 is 0 Å². The van der Waals surface area contributed by atoms with Crippen LogP contribution in [-0.2, 0) is 0 Å². The van der Waals surface area contributed by atoms with Crippen LogP contribution in [0, 0.1) is 0 Å². The van der Waals surface area contributed by atoms with E-state index in [0.717, 1.165) is 22.5 Å². The van der Waals surface area contributed by atoms with Crippen molar-refractivity contribution < 1.29 is 0 Å². The van der Waals surface area contributed by atoms with Gasteiger partial charge in [-0.05, 0) is 91.0 Å². The monoisotopic (exact) mass is 534 g/mol. The van der Waals surface area contributed by atoms with E-state index in [2.05, 4.69) is 133 Å².